The lowest BCUT2D eigenvalue weighted by molar-refractivity contribution is 0.0982. The molecule has 1 atom stereocenters. The molecule has 1 aromatic heterocycles. The van der Waals surface area contributed by atoms with Gasteiger partial charge in [0.15, 0.2) is 4.47 Å². The van der Waals surface area contributed by atoms with Crippen LogP contribution >= 0.6 is 22.9 Å². The van der Waals surface area contributed by atoms with E-state index in [2.05, 4.69) is 4.98 Å². The summed E-state index contributed by atoms with van der Waals surface area (Å²) in [5.41, 5.74) is 0. The minimum absolute atomic E-state index is 0.293. The number of rotatable bonds is 2. The van der Waals surface area contributed by atoms with E-state index in [4.69, 9.17) is 21.8 Å². The molecule has 0 saturated heterocycles. The van der Waals surface area contributed by atoms with Crippen LogP contribution in [0, 0.1) is 0 Å². The molecule has 1 heterocycles. The molecule has 1 unspecified atom stereocenters. The molecule has 0 saturated carbocycles. The van der Waals surface area contributed by atoms with Crippen molar-refractivity contribution in [3.8, 4) is 0 Å². The van der Waals surface area contributed by atoms with Crippen LogP contribution in [-0.2, 0) is 0 Å². The number of thiazole rings is 1. The fourth-order valence-corrected chi connectivity index (χ4v) is 1.44. The quantitative estimate of drug-likeness (QED) is 0.707. The minimum Gasteiger partial charge on any atom is -0.393 e. The molecular formula is C5H6ClNO2S. The van der Waals surface area contributed by atoms with E-state index in [1.54, 1.807) is 0 Å². The zero-order valence-electron chi connectivity index (χ0n) is 4.99. The molecule has 1 aromatic rings. The summed E-state index contributed by atoms with van der Waals surface area (Å²) in [5, 5.41) is 17.5. The summed E-state index contributed by atoms with van der Waals surface area (Å²) in [6.45, 7) is -0.293. The highest BCUT2D eigenvalue weighted by Gasteiger charge is 2.08. The lowest BCUT2D eigenvalue weighted by Gasteiger charge is -1.99. The van der Waals surface area contributed by atoms with Gasteiger partial charge in [-0.15, -0.1) is 11.3 Å². The molecule has 0 aromatic carbocycles. The van der Waals surface area contributed by atoms with Crippen LogP contribution in [0.2, 0.25) is 4.47 Å². The smallest absolute Gasteiger partial charge is 0.183 e. The summed E-state index contributed by atoms with van der Waals surface area (Å²) >= 11 is 6.64. The Bertz CT molecular complexity index is 215. The molecule has 0 bridgehead atoms. The van der Waals surface area contributed by atoms with E-state index in [0.29, 0.717) is 9.34 Å². The zero-order valence-corrected chi connectivity index (χ0v) is 6.56. The second-order valence-corrected chi connectivity index (χ2v) is 3.36. The standard InChI is InChI=1S/C5H6ClNO2S/c6-5-7-1-4(10-5)3(9)2-8/h1,3,8-9H,2H2. The Morgan fingerprint density at radius 1 is 1.80 bits per heavy atom. The number of nitrogens with zero attached hydrogens (tertiary/aromatic N) is 1. The van der Waals surface area contributed by atoms with Gasteiger partial charge in [-0.25, -0.2) is 4.98 Å². The van der Waals surface area contributed by atoms with Crippen molar-refractivity contribution in [1.82, 2.24) is 4.98 Å². The predicted molar refractivity (Wildman–Crippen MR) is 39.2 cm³/mol. The molecule has 0 aliphatic carbocycles. The number of aromatic nitrogens is 1. The molecule has 2 N–H and O–H groups in total. The van der Waals surface area contributed by atoms with Crippen molar-refractivity contribution in [1.29, 1.82) is 0 Å². The van der Waals surface area contributed by atoms with Gasteiger partial charge in [-0.2, -0.15) is 0 Å². The van der Waals surface area contributed by atoms with E-state index < -0.39 is 6.10 Å². The Morgan fingerprint density at radius 3 is 2.90 bits per heavy atom. The Kier molecular flexibility index (Phi) is 2.62. The van der Waals surface area contributed by atoms with Gasteiger partial charge in [0, 0.05) is 6.20 Å². The van der Waals surface area contributed by atoms with Gasteiger partial charge in [-0.3, -0.25) is 0 Å². The largest absolute Gasteiger partial charge is 0.393 e. The summed E-state index contributed by atoms with van der Waals surface area (Å²) < 4.78 is 0.377. The fourth-order valence-electron chi connectivity index (χ4n) is 0.508. The van der Waals surface area contributed by atoms with E-state index in [9.17, 15) is 0 Å². The van der Waals surface area contributed by atoms with Crippen molar-refractivity contribution in [2.75, 3.05) is 6.61 Å². The van der Waals surface area contributed by atoms with E-state index in [1.807, 2.05) is 0 Å². The lowest BCUT2D eigenvalue weighted by Crippen LogP contribution is -1.98. The van der Waals surface area contributed by atoms with Crippen LogP contribution in [0.5, 0.6) is 0 Å². The monoisotopic (exact) mass is 179 g/mol. The summed E-state index contributed by atoms with van der Waals surface area (Å²) in [6, 6.07) is 0. The van der Waals surface area contributed by atoms with E-state index in [0.717, 1.165) is 11.3 Å². The molecule has 0 amide bonds. The summed E-state index contributed by atoms with van der Waals surface area (Å²) in [7, 11) is 0. The van der Waals surface area contributed by atoms with Crippen molar-refractivity contribution in [2.24, 2.45) is 0 Å². The number of aliphatic hydroxyl groups is 2. The van der Waals surface area contributed by atoms with Crippen molar-refractivity contribution in [2.45, 2.75) is 6.10 Å². The van der Waals surface area contributed by atoms with Crippen LogP contribution in [0.15, 0.2) is 6.20 Å². The first-order valence-corrected chi connectivity index (χ1v) is 3.83. The van der Waals surface area contributed by atoms with Crippen LogP contribution in [-0.4, -0.2) is 21.8 Å². The van der Waals surface area contributed by atoms with Gasteiger partial charge in [-0.1, -0.05) is 11.6 Å². The van der Waals surface area contributed by atoms with Gasteiger partial charge in [0.05, 0.1) is 11.5 Å². The molecule has 0 spiro atoms. The molecule has 56 valence electrons. The molecule has 1 rings (SSSR count). The predicted octanol–water partition coefficient (Wildman–Crippen LogP) is 0.822. The second kappa shape index (κ2) is 3.30. The zero-order chi connectivity index (χ0) is 7.56. The first kappa shape index (κ1) is 7.94. The average Bonchev–Trinajstić information content (AvgIpc) is 2.34. The van der Waals surface area contributed by atoms with E-state index in [-0.39, 0.29) is 6.61 Å². The molecule has 10 heavy (non-hydrogen) atoms. The van der Waals surface area contributed by atoms with Crippen molar-refractivity contribution >= 4 is 22.9 Å². The summed E-state index contributed by atoms with van der Waals surface area (Å²) in [5.74, 6) is 0. The average molecular weight is 180 g/mol. The molecule has 0 radical (unpaired) electrons. The van der Waals surface area contributed by atoms with E-state index in [1.165, 1.54) is 6.20 Å². The highest BCUT2D eigenvalue weighted by Crippen LogP contribution is 2.23. The highest BCUT2D eigenvalue weighted by molar-refractivity contribution is 7.15. The minimum atomic E-state index is -0.843. The van der Waals surface area contributed by atoms with Crippen molar-refractivity contribution in [3.05, 3.63) is 15.5 Å². The molecule has 5 heteroatoms. The maximum Gasteiger partial charge on any atom is 0.183 e. The summed E-state index contributed by atoms with van der Waals surface area (Å²) in [6.07, 6.45) is 0.610. The van der Waals surface area contributed by atoms with Gasteiger partial charge in [0.1, 0.15) is 6.10 Å². The van der Waals surface area contributed by atoms with Crippen molar-refractivity contribution < 1.29 is 10.2 Å². The van der Waals surface area contributed by atoms with Crippen LogP contribution in [0.3, 0.4) is 0 Å². The maximum absolute atomic E-state index is 9.00. The van der Waals surface area contributed by atoms with Gasteiger partial charge in [0.2, 0.25) is 0 Å². The molecule has 0 aliphatic rings. The Morgan fingerprint density at radius 2 is 2.50 bits per heavy atom. The lowest BCUT2D eigenvalue weighted by atomic mass is 10.3. The van der Waals surface area contributed by atoms with Crippen LogP contribution in [0.1, 0.15) is 11.0 Å². The highest BCUT2D eigenvalue weighted by atomic mass is 35.5. The molecule has 0 aliphatic heterocycles. The number of hydrogen-bond acceptors (Lipinski definition) is 4. The van der Waals surface area contributed by atoms with Gasteiger partial charge < -0.3 is 10.2 Å². The van der Waals surface area contributed by atoms with Gasteiger partial charge in [-0.05, 0) is 0 Å². The van der Waals surface area contributed by atoms with Crippen LogP contribution in [0.4, 0.5) is 0 Å². The van der Waals surface area contributed by atoms with Gasteiger partial charge in [0.25, 0.3) is 0 Å². The van der Waals surface area contributed by atoms with Crippen LogP contribution < -0.4 is 0 Å². The third-order valence-electron chi connectivity index (χ3n) is 0.997. The molecule has 3 nitrogen and oxygen atoms in total. The topological polar surface area (TPSA) is 53.4 Å². The Balaban J connectivity index is 2.74. The fraction of sp³-hybridized carbons (Fsp3) is 0.400. The second-order valence-electron chi connectivity index (χ2n) is 1.71. The normalized spacial score (nSPS) is 13.5. The molecular weight excluding hydrogens is 174 g/mol. The number of halogens is 1. The van der Waals surface area contributed by atoms with Crippen molar-refractivity contribution in [3.63, 3.8) is 0 Å². The van der Waals surface area contributed by atoms with E-state index >= 15 is 0 Å². The first-order valence-electron chi connectivity index (χ1n) is 2.64. The van der Waals surface area contributed by atoms with Gasteiger partial charge >= 0.3 is 0 Å². The molecule has 0 fully saturated rings. The summed E-state index contributed by atoms with van der Waals surface area (Å²) in [4.78, 5) is 4.29. The Labute approximate surface area is 66.9 Å². The number of hydrogen-bond donors (Lipinski definition) is 2. The SMILES string of the molecule is OCC(O)c1cnc(Cl)s1. The first-order chi connectivity index (χ1) is 4.74. The third kappa shape index (κ3) is 1.67. The van der Waals surface area contributed by atoms with Crippen LogP contribution in [0.25, 0.3) is 0 Å². The maximum atomic E-state index is 9.00. The Hall–Kier alpha value is -0.160. The number of aliphatic hydroxyl groups excluding tert-OH is 2. The third-order valence-corrected chi connectivity index (χ3v) is 2.21.